The summed E-state index contributed by atoms with van der Waals surface area (Å²) in [7, 11) is 0. The van der Waals surface area contributed by atoms with Crippen molar-refractivity contribution in [3.05, 3.63) is 54.2 Å². The molecule has 2 aromatic rings. The third kappa shape index (κ3) is 1.58. The normalized spacial score (nSPS) is 13.0. The Hall–Kier alpha value is -2.09. The fourth-order valence-corrected chi connectivity index (χ4v) is 1.89. The Labute approximate surface area is 94.7 Å². The molecule has 2 heterocycles. The minimum Gasteiger partial charge on any atom is -0.366 e. The number of nitrogens with zero attached hydrogens (tertiary/aromatic N) is 1. The van der Waals surface area contributed by atoms with Gasteiger partial charge >= 0.3 is 0 Å². The van der Waals surface area contributed by atoms with Gasteiger partial charge in [-0.3, -0.25) is 0 Å². The van der Waals surface area contributed by atoms with Crippen molar-refractivity contribution in [2.45, 2.75) is 0 Å². The van der Waals surface area contributed by atoms with E-state index in [1.807, 2.05) is 24.4 Å². The molecular weight excluding hydrogens is 196 g/mol. The van der Waals surface area contributed by atoms with Crippen LogP contribution in [0.15, 0.2) is 48.7 Å². The third-order valence-electron chi connectivity index (χ3n) is 2.71. The molecule has 3 rings (SSSR count). The summed E-state index contributed by atoms with van der Waals surface area (Å²) in [6.07, 6.45) is 6.14. The summed E-state index contributed by atoms with van der Waals surface area (Å²) in [6, 6.07) is 12.5. The molecule has 0 aliphatic carbocycles. The van der Waals surface area contributed by atoms with Gasteiger partial charge in [0, 0.05) is 23.9 Å². The Balaban J connectivity index is 2.08. The summed E-state index contributed by atoms with van der Waals surface area (Å²) in [5.74, 6) is 0.974. The van der Waals surface area contributed by atoms with Gasteiger partial charge in [0.2, 0.25) is 0 Å². The van der Waals surface area contributed by atoms with Crippen molar-refractivity contribution in [3.8, 4) is 11.1 Å². The molecule has 1 aliphatic heterocycles. The van der Waals surface area contributed by atoms with Gasteiger partial charge < -0.3 is 5.32 Å². The van der Waals surface area contributed by atoms with Gasteiger partial charge in [-0.15, -0.1) is 0 Å². The van der Waals surface area contributed by atoms with E-state index in [0.29, 0.717) is 0 Å². The second kappa shape index (κ2) is 3.81. The predicted octanol–water partition coefficient (Wildman–Crippen LogP) is 3.19. The van der Waals surface area contributed by atoms with Gasteiger partial charge in [0.25, 0.3) is 0 Å². The van der Waals surface area contributed by atoms with Crippen molar-refractivity contribution in [2.75, 3.05) is 11.9 Å². The monoisotopic (exact) mass is 208 g/mol. The third-order valence-corrected chi connectivity index (χ3v) is 2.71. The van der Waals surface area contributed by atoms with Crippen LogP contribution in [0.4, 0.5) is 5.82 Å². The first-order chi connectivity index (χ1) is 7.93. The maximum Gasteiger partial charge on any atom is 0.133 e. The van der Waals surface area contributed by atoms with E-state index in [-0.39, 0.29) is 0 Å². The molecule has 0 fully saturated rings. The van der Waals surface area contributed by atoms with Crippen LogP contribution >= 0.6 is 0 Å². The fourth-order valence-electron chi connectivity index (χ4n) is 1.89. The smallest absolute Gasteiger partial charge is 0.133 e. The molecule has 1 N–H and O–H groups in total. The second-order valence-corrected chi connectivity index (χ2v) is 3.81. The molecule has 0 saturated heterocycles. The van der Waals surface area contributed by atoms with Gasteiger partial charge in [0.1, 0.15) is 5.82 Å². The Bertz CT molecular complexity index is 530. The van der Waals surface area contributed by atoms with E-state index in [1.165, 1.54) is 5.56 Å². The highest BCUT2D eigenvalue weighted by Crippen LogP contribution is 2.25. The van der Waals surface area contributed by atoms with E-state index >= 15 is 0 Å². The summed E-state index contributed by atoms with van der Waals surface area (Å²) >= 11 is 0. The number of anilines is 1. The van der Waals surface area contributed by atoms with E-state index in [4.69, 9.17) is 0 Å². The van der Waals surface area contributed by atoms with E-state index in [1.54, 1.807) is 0 Å². The quantitative estimate of drug-likeness (QED) is 0.778. The molecule has 0 radical (unpaired) electrons. The van der Waals surface area contributed by atoms with Crippen molar-refractivity contribution in [2.24, 2.45) is 0 Å². The number of fused-ring (bicyclic) bond motifs is 1. The molecular formula is C14H12N2. The number of benzene rings is 1. The molecule has 1 aliphatic rings. The molecule has 2 heteroatoms. The van der Waals surface area contributed by atoms with Crippen molar-refractivity contribution >= 4 is 11.9 Å². The van der Waals surface area contributed by atoms with Crippen molar-refractivity contribution in [3.63, 3.8) is 0 Å². The van der Waals surface area contributed by atoms with Crippen LogP contribution in [0.2, 0.25) is 0 Å². The maximum atomic E-state index is 4.43. The largest absolute Gasteiger partial charge is 0.366 e. The molecule has 2 nitrogen and oxygen atoms in total. The number of hydrogen-bond acceptors (Lipinski definition) is 2. The van der Waals surface area contributed by atoms with Gasteiger partial charge in [-0.25, -0.2) is 4.98 Å². The standard InChI is InChI=1S/C14H12N2/c1-2-5-11(6-3-1)13-9-12-7-4-8-15-14(12)16-10-13/h1-7,9-10H,8H2,(H,15,16). The molecule has 0 saturated carbocycles. The minimum atomic E-state index is 0.866. The summed E-state index contributed by atoms with van der Waals surface area (Å²) in [6.45, 7) is 0.866. The molecule has 0 unspecified atom stereocenters. The summed E-state index contributed by atoms with van der Waals surface area (Å²) < 4.78 is 0. The van der Waals surface area contributed by atoms with E-state index in [9.17, 15) is 0 Å². The zero-order valence-electron chi connectivity index (χ0n) is 8.85. The average Bonchev–Trinajstić information content (AvgIpc) is 2.39. The van der Waals surface area contributed by atoms with Crippen LogP contribution in [0.1, 0.15) is 5.56 Å². The number of nitrogens with one attached hydrogen (secondary N) is 1. The Morgan fingerprint density at radius 2 is 1.94 bits per heavy atom. The lowest BCUT2D eigenvalue weighted by atomic mass is 10.0. The topological polar surface area (TPSA) is 24.9 Å². The van der Waals surface area contributed by atoms with Crippen LogP contribution in [-0.2, 0) is 0 Å². The number of hydrogen-bond donors (Lipinski definition) is 1. The highest BCUT2D eigenvalue weighted by Gasteiger charge is 2.06. The van der Waals surface area contributed by atoms with E-state index < -0.39 is 0 Å². The van der Waals surface area contributed by atoms with Gasteiger partial charge in [-0.1, -0.05) is 42.5 Å². The summed E-state index contributed by atoms with van der Waals surface area (Å²) in [4.78, 5) is 4.43. The van der Waals surface area contributed by atoms with Crippen LogP contribution < -0.4 is 5.32 Å². The van der Waals surface area contributed by atoms with Gasteiger partial charge in [-0.2, -0.15) is 0 Å². The summed E-state index contributed by atoms with van der Waals surface area (Å²) in [5, 5.41) is 3.24. The number of rotatable bonds is 1. The predicted molar refractivity (Wildman–Crippen MR) is 67.2 cm³/mol. The zero-order valence-corrected chi connectivity index (χ0v) is 8.85. The van der Waals surface area contributed by atoms with E-state index in [2.05, 4.69) is 40.7 Å². The van der Waals surface area contributed by atoms with Crippen molar-refractivity contribution < 1.29 is 0 Å². The highest BCUT2D eigenvalue weighted by molar-refractivity contribution is 5.73. The highest BCUT2D eigenvalue weighted by atomic mass is 15.0. The van der Waals surface area contributed by atoms with Gasteiger partial charge in [-0.05, 0) is 11.6 Å². The Morgan fingerprint density at radius 1 is 1.06 bits per heavy atom. The SMILES string of the molecule is C1=Cc2cc(-c3ccccc3)cnc2NC1. The second-order valence-electron chi connectivity index (χ2n) is 3.81. The Morgan fingerprint density at radius 3 is 2.81 bits per heavy atom. The van der Waals surface area contributed by atoms with Gasteiger partial charge in [0.05, 0.1) is 0 Å². The molecule has 0 bridgehead atoms. The first kappa shape index (κ1) is 9.16. The summed E-state index contributed by atoms with van der Waals surface area (Å²) in [5.41, 5.74) is 3.53. The van der Waals surface area contributed by atoms with Crippen LogP contribution in [0.5, 0.6) is 0 Å². The fraction of sp³-hybridized carbons (Fsp3) is 0.0714. The molecule has 1 aromatic heterocycles. The Kier molecular flexibility index (Phi) is 2.18. The lowest BCUT2D eigenvalue weighted by Crippen LogP contribution is -2.06. The van der Waals surface area contributed by atoms with Crippen molar-refractivity contribution in [1.82, 2.24) is 4.98 Å². The minimum absolute atomic E-state index is 0.866. The molecule has 78 valence electrons. The van der Waals surface area contributed by atoms with Gasteiger partial charge in [0.15, 0.2) is 0 Å². The number of pyridine rings is 1. The maximum absolute atomic E-state index is 4.43. The molecule has 1 aromatic carbocycles. The van der Waals surface area contributed by atoms with Crippen LogP contribution in [0.3, 0.4) is 0 Å². The lowest BCUT2D eigenvalue weighted by molar-refractivity contribution is 1.20. The molecule has 16 heavy (non-hydrogen) atoms. The zero-order chi connectivity index (χ0) is 10.8. The van der Waals surface area contributed by atoms with Crippen LogP contribution in [0.25, 0.3) is 17.2 Å². The van der Waals surface area contributed by atoms with E-state index in [0.717, 1.165) is 23.5 Å². The molecule has 0 amide bonds. The first-order valence-corrected chi connectivity index (χ1v) is 5.39. The van der Waals surface area contributed by atoms with Crippen molar-refractivity contribution in [1.29, 1.82) is 0 Å². The lowest BCUT2D eigenvalue weighted by Gasteiger charge is -2.12. The van der Waals surface area contributed by atoms with Crippen LogP contribution in [0, 0.1) is 0 Å². The molecule has 0 spiro atoms. The number of aromatic nitrogens is 1. The van der Waals surface area contributed by atoms with Crippen LogP contribution in [-0.4, -0.2) is 11.5 Å². The molecule has 0 atom stereocenters. The first-order valence-electron chi connectivity index (χ1n) is 5.39. The average molecular weight is 208 g/mol.